The zero-order valence-electron chi connectivity index (χ0n) is 11.3. The van der Waals surface area contributed by atoms with Crippen LogP contribution in [0.15, 0.2) is 24.4 Å². The van der Waals surface area contributed by atoms with Crippen molar-refractivity contribution in [1.29, 1.82) is 0 Å². The molecule has 2 amide bonds. The lowest BCUT2D eigenvalue weighted by Gasteiger charge is -2.21. The van der Waals surface area contributed by atoms with Gasteiger partial charge in [0.05, 0.1) is 0 Å². The number of hydrogen-bond donors (Lipinski definition) is 2. The summed E-state index contributed by atoms with van der Waals surface area (Å²) >= 11 is 0. The SMILES string of the molecule is O=C(O)CN(CC1CC1)C(=O)NCCc1ccccn1. The lowest BCUT2D eigenvalue weighted by Crippen LogP contribution is -2.44. The molecule has 0 saturated heterocycles. The second-order valence-corrected chi connectivity index (χ2v) is 5.02. The highest BCUT2D eigenvalue weighted by molar-refractivity contribution is 5.80. The van der Waals surface area contributed by atoms with E-state index in [1.807, 2.05) is 18.2 Å². The van der Waals surface area contributed by atoms with E-state index in [4.69, 9.17) is 5.11 Å². The Hall–Kier alpha value is -2.11. The first kappa shape index (κ1) is 14.3. The second kappa shape index (κ2) is 6.88. The number of amides is 2. The van der Waals surface area contributed by atoms with Gasteiger partial charge in [0.15, 0.2) is 0 Å². The molecule has 1 heterocycles. The molecule has 1 aromatic heterocycles. The van der Waals surface area contributed by atoms with Crippen molar-refractivity contribution in [3.05, 3.63) is 30.1 Å². The standard InChI is InChI=1S/C14H19N3O3/c18-13(19)10-17(9-11-4-5-11)14(20)16-8-6-12-3-1-2-7-15-12/h1-3,7,11H,4-6,8-10H2,(H,16,20)(H,18,19). The number of aromatic nitrogens is 1. The van der Waals surface area contributed by atoms with E-state index in [2.05, 4.69) is 10.3 Å². The summed E-state index contributed by atoms with van der Waals surface area (Å²) in [5.74, 6) is -0.513. The van der Waals surface area contributed by atoms with Crippen LogP contribution >= 0.6 is 0 Å². The zero-order valence-corrected chi connectivity index (χ0v) is 11.3. The molecular formula is C14H19N3O3. The maximum Gasteiger partial charge on any atom is 0.323 e. The molecule has 1 aliphatic rings. The largest absolute Gasteiger partial charge is 0.480 e. The number of carbonyl (C=O) groups is 2. The number of aliphatic carboxylic acids is 1. The molecule has 1 aliphatic carbocycles. The van der Waals surface area contributed by atoms with Gasteiger partial charge in [0.25, 0.3) is 0 Å². The quantitative estimate of drug-likeness (QED) is 0.782. The zero-order chi connectivity index (χ0) is 14.4. The van der Waals surface area contributed by atoms with Gasteiger partial charge in [-0.25, -0.2) is 4.79 Å². The van der Waals surface area contributed by atoms with Crippen molar-refractivity contribution < 1.29 is 14.7 Å². The van der Waals surface area contributed by atoms with Crippen LogP contribution in [0.1, 0.15) is 18.5 Å². The molecule has 2 rings (SSSR count). The highest BCUT2D eigenvalue weighted by Gasteiger charge is 2.27. The normalized spacial score (nSPS) is 13.8. The minimum Gasteiger partial charge on any atom is -0.480 e. The maximum atomic E-state index is 12.0. The van der Waals surface area contributed by atoms with Crippen LogP contribution in [0, 0.1) is 5.92 Å². The number of carboxylic acid groups (broad SMARTS) is 1. The first-order chi connectivity index (χ1) is 9.65. The second-order valence-electron chi connectivity index (χ2n) is 5.02. The molecule has 6 nitrogen and oxygen atoms in total. The van der Waals surface area contributed by atoms with Gasteiger partial charge in [-0.05, 0) is 30.9 Å². The average molecular weight is 277 g/mol. The van der Waals surface area contributed by atoms with Gasteiger partial charge in [-0.15, -0.1) is 0 Å². The summed E-state index contributed by atoms with van der Waals surface area (Å²) in [6.45, 7) is 0.740. The van der Waals surface area contributed by atoms with Crippen LogP contribution in [0.25, 0.3) is 0 Å². The molecule has 0 aliphatic heterocycles. The van der Waals surface area contributed by atoms with Gasteiger partial charge in [0.2, 0.25) is 0 Å². The number of hydrogen-bond acceptors (Lipinski definition) is 3. The van der Waals surface area contributed by atoms with Crippen molar-refractivity contribution in [2.75, 3.05) is 19.6 Å². The van der Waals surface area contributed by atoms with Crippen molar-refractivity contribution in [3.8, 4) is 0 Å². The van der Waals surface area contributed by atoms with Crippen LogP contribution in [-0.2, 0) is 11.2 Å². The van der Waals surface area contributed by atoms with E-state index < -0.39 is 5.97 Å². The van der Waals surface area contributed by atoms with Crippen molar-refractivity contribution in [1.82, 2.24) is 15.2 Å². The van der Waals surface area contributed by atoms with E-state index in [9.17, 15) is 9.59 Å². The Balaban J connectivity index is 1.76. The number of nitrogens with one attached hydrogen (secondary N) is 1. The van der Waals surface area contributed by atoms with Crippen LogP contribution in [0.3, 0.4) is 0 Å². The van der Waals surface area contributed by atoms with Gasteiger partial charge in [0, 0.05) is 31.4 Å². The fourth-order valence-corrected chi connectivity index (χ4v) is 1.95. The third-order valence-corrected chi connectivity index (χ3v) is 3.17. The smallest absolute Gasteiger partial charge is 0.323 e. The summed E-state index contributed by atoms with van der Waals surface area (Å²) < 4.78 is 0. The minimum absolute atomic E-state index is 0.244. The minimum atomic E-state index is -0.981. The summed E-state index contributed by atoms with van der Waals surface area (Å²) in [5, 5.41) is 11.6. The summed E-state index contributed by atoms with van der Waals surface area (Å²) in [6.07, 6.45) is 4.51. The molecule has 20 heavy (non-hydrogen) atoms. The monoisotopic (exact) mass is 277 g/mol. The molecule has 0 aromatic carbocycles. The lowest BCUT2D eigenvalue weighted by atomic mass is 10.3. The number of pyridine rings is 1. The Kier molecular flexibility index (Phi) is 4.92. The molecule has 0 bridgehead atoms. The molecule has 1 fully saturated rings. The molecule has 6 heteroatoms. The van der Waals surface area contributed by atoms with Crippen molar-refractivity contribution in [2.45, 2.75) is 19.3 Å². The van der Waals surface area contributed by atoms with Gasteiger partial charge in [-0.3, -0.25) is 9.78 Å². The van der Waals surface area contributed by atoms with E-state index >= 15 is 0 Å². The predicted octanol–water partition coefficient (Wildman–Crippen LogP) is 1.13. The summed E-state index contributed by atoms with van der Waals surface area (Å²) in [5.41, 5.74) is 0.903. The average Bonchev–Trinajstić information content (AvgIpc) is 3.22. The highest BCUT2D eigenvalue weighted by atomic mass is 16.4. The Morgan fingerprint density at radius 3 is 2.80 bits per heavy atom. The Bertz CT molecular complexity index is 460. The Labute approximate surface area is 117 Å². The van der Waals surface area contributed by atoms with Gasteiger partial charge in [-0.1, -0.05) is 6.07 Å². The van der Waals surface area contributed by atoms with Gasteiger partial charge in [-0.2, -0.15) is 0 Å². The van der Waals surface area contributed by atoms with Crippen molar-refractivity contribution >= 4 is 12.0 Å². The summed E-state index contributed by atoms with van der Waals surface area (Å²) in [7, 11) is 0. The van der Waals surface area contributed by atoms with E-state index in [-0.39, 0.29) is 12.6 Å². The molecule has 108 valence electrons. The van der Waals surface area contributed by atoms with Crippen LogP contribution in [0.4, 0.5) is 4.79 Å². The number of carbonyl (C=O) groups excluding carboxylic acids is 1. The van der Waals surface area contributed by atoms with Crippen LogP contribution in [-0.4, -0.2) is 46.6 Å². The molecule has 1 aromatic rings. The first-order valence-corrected chi connectivity index (χ1v) is 6.79. The third kappa shape index (κ3) is 4.87. The fourth-order valence-electron chi connectivity index (χ4n) is 1.95. The summed E-state index contributed by atoms with van der Waals surface area (Å²) in [6, 6.07) is 5.32. The summed E-state index contributed by atoms with van der Waals surface area (Å²) in [4.78, 5) is 28.3. The van der Waals surface area contributed by atoms with E-state index in [0.29, 0.717) is 25.4 Å². The third-order valence-electron chi connectivity index (χ3n) is 3.17. The van der Waals surface area contributed by atoms with E-state index in [1.54, 1.807) is 6.20 Å². The molecule has 2 N–H and O–H groups in total. The van der Waals surface area contributed by atoms with Gasteiger partial charge >= 0.3 is 12.0 Å². The lowest BCUT2D eigenvalue weighted by molar-refractivity contribution is -0.137. The van der Waals surface area contributed by atoms with Crippen molar-refractivity contribution in [3.63, 3.8) is 0 Å². The Morgan fingerprint density at radius 2 is 2.20 bits per heavy atom. The molecule has 1 saturated carbocycles. The Morgan fingerprint density at radius 1 is 1.40 bits per heavy atom. The molecule has 0 spiro atoms. The van der Waals surface area contributed by atoms with E-state index in [1.165, 1.54) is 4.90 Å². The van der Waals surface area contributed by atoms with Crippen LogP contribution in [0.5, 0.6) is 0 Å². The maximum absolute atomic E-state index is 12.0. The number of carboxylic acids is 1. The molecule has 0 unspecified atom stereocenters. The molecule has 0 atom stereocenters. The number of nitrogens with zero attached hydrogens (tertiary/aromatic N) is 2. The topological polar surface area (TPSA) is 82.5 Å². The van der Waals surface area contributed by atoms with Crippen LogP contribution < -0.4 is 5.32 Å². The van der Waals surface area contributed by atoms with E-state index in [0.717, 1.165) is 18.5 Å². The highest BCUT2D eigenvalue weighted by Crippen LogP contribution is 2.29. The van der Waals surface area contributed by atoms with Crippen molar-refractivity contribution in [2.24, 2.45) is 5.92 Å². The molecular weight excluding hydrogens is 258 g/mol. The number of rotatable bonds is 7. The number of urea groups is 1. The van der Waals surface area contributed by atoms with Gasteiger partial charge in [0.1, 0.15) is 6.54 Å². The van der Waals surface area contributed by atoms with Gasteiger partial charge < -0.3 is 15.3 Å². The predicted molar refractivity (Wildman–Crippen MR) is 73.3 cm³/mol. The fraction of sp³-hybridized carbons (Fsp3) is 0.500. The first-order valence-electron chi connectivity index (χ1n) is 6.79. The molecule has 0 radical (unpaired) electrons. The van der Waals surface area contributed by atoms with Crippen LogP contribution in [0.2, 0.25) is 0 Å².